The van der Waals surface area contributed by atoms with E-state index in [1.165, 1.54) is 12.1 Å². The Kier molecular flexibility index (Phi) is 3.57. The van der Waals surface area contributed by atoms with Crippen molar-refractivity contribution in [2.75, 3.05) is 6.61 Å². The maximum absolute atomic E-state index is 13.3. The maximum Gasteiger partial charge on any atom is 0.148 e. The lowest BCUT2D eigenvalue weighted by molar-refractivity contribution is -0.120. The molecule has 2 nitrogen and oxygen atoms in total. The maximum atomic E-state index is 13.3. The van der Waals surface area contributed by atoms with Crippen LogP contribution in [-0.4, -0.2) is 12.4 Å². The Morgan fingerprint density at radius 3 is 2.90 bits per heavy atom. The van der Waals surface area contributed by atoms with Crippen molar-refractivity contribution in [3.8, 4) is 5.75 Å². The van der Waals surface area contributed by atoms with Crippen LogP contribution >= 0.6 is 15.9 Å². The number of Topliss-reactive ketones (excluding diaryl/α,β-unsaturated/α-hetero) is 1. The van der Waals surface area contributed by atoms with Crippen molar-refractivity contribution in [2.45, 2.75) is 12.3 Å². The lowest BCUT2D eigenvalue weighted by Crippen LogP contribution is -2.16. The summed E-state index contributed by atoms with van der Waals surface area (Å²) >= 11 is 3.24. The van der Waals surface area contributed by atoms with Gasteiger partial charge in [0.05, 0.1) is 5.92 Å². The Bertz CT molecular complexity index is 649. The number of hydrogen-bond donors (Lipinski definition) is 0. The molecule has 0 N–H and O–H groups in total. The SMILES string of the molecule is O=C(Cc1cc(F)cc(Br)c1)C1COc2ccccc21. The molecule has 2 aromatic carbocycles. The fourth-order valence-corrected chi connectivity index (χ4v) is 2.98. The van der Waals surface area contributed by atoms with E-state index in [4.69, 9.17) is 4.74 Å². The fraction of sp³-hybridized carbons (Fsp3) is 0.188. The summed E-state index contributed by atoms with van der Waals surface area (Å²) in [5, 5.41) is 0. The predicted molar refractivity (Wildman–Crippen MR) is 77.5 cm³/mol. The van der Waals surface area contributed by atoms with Crippen molar-refractivity contribution in [2.24, 2.45) is 0 Å². The van der Waals surface area contributed by atoms with E-state index in [-0.39, 0.29) is 23.9 Å². The molecule has 0 amide bonds. The van der Waals surface area contributed by atoms with Gasteiger partial charge in [0.1, 0.15) is 24.0 Å². The molecule has 0 radical (unpaired) electrons. The number of hydrogen-bond acceptors (Lipinski definition) is 2. The Labute approximate surface area is 124 Å². The second kappa shape index (κ2) is 5.37. The Morgan fingerprint density at radius 2 is 2.10 bits per heavy atom. The van der Waals surface area contributed by atoms with Crippen LogP contribution in [0.2, 0.25) is 0 Å². The van der Waals surface area contributed by atoms with Crippen molar-refractivity contribution >= 4 is 21.7 Å². The zero-order valence-corrected chi connectivity index (χ0v) is 12.2. The molecule has 1 atom stereocenters. The van der Waals surface area contributed by atoms with Gasteiger partial charge in [0.15, 0.2) is 0 Å². The summed E-state index contributed by atoms with van der Waals surface area (Å²) in [5.41, 5.74) is 1.60. The van der Waals surface area contributed by atoms with Gasteiger partial charge >= 0.3 is 0 Å². The molecule has 0 aliphatic carbocycles. The quantitative estimate of drug-likeness (QED) is 0.851. The van der Waals surface area contributed by atoms with Crippen LogP contribution in [0.5, 0.6) is 5.75 Å². The van der Waals surface area contributed by atoms with E-state index in [1.807, 2.05) is 24.3 Å². The highest BCUT2D eigenvalue weighted by atomic mass is 79.9. The highest BCUT2D eigenvalue weighted by Gasteiger charge is 2.29. The van der Waals surface area contributed by atoms with Crippen molar-refractivity contribution in [1.82, 2.24) is 0 Å². The molecule has 0 fully saturated rings. The van der Waals surface area contributed by atoms with E-state index < -0.39 is 0 Å². The average molecular weight is 335 g/mol. The van der Waals surface area contributed by atoms with E-state index >= 15 is 0 Å². The van der Waals surface area contributed by atoms with E-state index in [1.54, 1.807) is 6.07 Å². The summed E-state index contributed by atoms with van der Waals surface area (Å²) in [6.45, 7) is 0.370. The largest absolute Gasteiger partial charge is 0.492 e. The van der Waals surface area contributed by atoms with Crippen LogP contribution in [0.15, 0.2) is 46.9 Å². The molecule has 2 aromatic rings. The molecule has 4 heteroatoms. The molecule has 0 aromatic heterocycles. The zero-order valence-electron chi connectivity index (χ0n) is 10.6. The topological polar surface area (TPSA) is 26.3 Å². The van der Waals surface area contributed by atoms with Crippen LogP contribution in [-0.2, 0) is 11.2 Å². The summed E-state index contributed by atoms with van der Waals surface area (Å²) in [6.07, 6.45) is 0.207. The highest BCUT2D eigenvalue weighted by Crippen LogP contribution is 2.34. The van der Waals surface area contributed by atoms with Crippen molar-refractivity contribution in [3.05, 3.63) is 63.9 Å². The first-order valence-corrected chi connectivity index (χ1v) is 7.12. The molecule has 1 aliphatic heterocycles. The summed E-state index contributed by atoms with van der Waals surface area (Å²) < 4.78 is 19.5. The minimum absolute atomic E-state index is 0.0486. The van der Waals surface area contributed by atoms with Crippen molar-refractivity contribution in [3.63, 3.8) is 0 Å². The standard InChI is InChI=1S/C16H12BrFO2/c17-11-5-10(6-12(18)8-11)7-15(19)14-9-20-16-4-2-1-3-13(14)16/h1-6,8,14H,7,9H2. The Hall–Kier alpha value is -1.68. The van der Waals surface area contributed by atoms with Gasteiger partial charge in [0.2, 0.25) is 0 Å². The minimum atomic E-state index is -0.342. The molecule has 3 rings (SSSR count). The van der Waals surface area contributed by atoms with E-state index in [0.29, 0.717) is 16.6 Å². The van der Waals surface area contributed by atoms with Crippen molar-refractivity contribution < 1.29 is 13.9 Å². The van der Waals surface area contributed by atoms with E-state index in [2.05, 4.69) is 15.9 Å². The first-order valence-electron chi connectivity index (χ1n) is 6.33. The van der Waals surface area contributed by atoms with Crippen molar-refractivity contribution in [1.29, 1.82) is 0 Å². The van der Waals surface area contributed by atoms with Crippen LogP contribution in [0.3, 0.4) is 0 Å². The number of para-hydroxylation sites is 1. The van der Waals surface area contributed by atoms with Gasteiger partial charge in [-0.3, -0.25) is 4.79 Å². The third kappa shape index (κ3) is 2.61. The van der Waals surface area contributed by atoms with Gasteiger partial charge in [-0.2, -0.15) is 0 Å². The molecule has 102 valence electrons. The summed E-state index contributed by atoms with van der Waals surface area (Å²) in [6, 6.07) is 12.1. The number of ether oxygens (including phenoxy) is 1. The first kappa shape index (κ1) is 13.3. The fourth-order valence-electron chi connectivity index (χ4n) is 2.47. The van der Waals surface area contributed by atoms with Gasteiger partial charge < -0.3 is 4.74 Å². The summed E-state index contributed by atoms with van der Waals surface area (Å²) in [7, 11) is 0. The molecular weight excluding hydrogens is 323 g/mol. The summed E-state index contributed by atoms with van der Waals surface area (Å²) in [4.78, 5) is 12.4. The van der Waals surface area contributed by atoms with Gasteiger partial charge in [-0.15, -0.1) is 0 Å². The van der Waals surface area contributed by atoms with E-state index in [0.717, 1.165) is 11.3 Å². The molecule has 0 spiro atoms. The van der Waals surface area contributed by atoms with Gasteiger partial charge in [-0.05, 0) is 29.8 Å². The number of fused-ring (bicyclic) bond motifs is 1. The number of carbonyl (C=O) groups excluding carboxylic acids is 1. The van der Waals surface area contributed by atoms with Gasteiger partial charge in [0.25, 0.3) is 0 Å². The van der Waals surface area contributed by atoms with Crippen LogP contribution in [0.25, 0.3) is 0 Å². The number of carbonyl (C=O) groups is 1. The smallest absolute Gasteiger partial charge is 0.148 e. The van der Waals surface area contributed by atoms with Gasteiger partial charge in [-0.1, -0.05) is 34.1 Å². The van der Waals surface area contributed by atoms with Gasteiger partial charge in [-0.25, -0.2) is 4.39 Å². The number of halogens is 2. The molecule has 20 heavy (non-hydrogen) atoms. The third-order valence-electron chi connectivity index (χ3n) is 3.39. The predicted octanol–water partition coefficient (Wildman–Crippen LogP) is 3.88. The van der Waals surface area contributed by atoms with Gasteiger partial charge in [0, 0.05) is 16.5 Å². The minimum Gasteiger partial charge on any atom is -0.492 e. The van der Waals surface area contributed by atoms with E-state index in [9.17, 15) is 9.18 Å². The number of rotatable bonds is 3. The van der Waals surface area contributed by atoms with Crippen LogP contribution in [0.4, 0.5) is 4.39 Å². The molecule has 1 unspecified atom stereocenters. The number of benzene rings is 2. The molecule has 0 saturated carbocycles. The highest BCUT2D eigenvalue weighted by molar-refractivity contribution is 9.10. The average Bonchev–Trinajstić information content (AvgIpc) is 2.81. The first-order chi connectivity index (χ1) is 9.63. The summed E-state index contributed by atoms with van der Waals surface area (Å²) in [5.74, 6) is 0.220. The molecule has 0 bridgehead atoms. The Balaban J connectivity index is 1.81. The molecular formula is C16H12BrFO2. The number of ketones is 1. The molecule has 0 saturated heterocycles. The van der Waals surface area contributed by atoms with Crippen LogP contribution < -0.4 is 4.74 Å². The van der Waals surface area contributed by atoms with Crippen LogP contribution in [0, 0.1) is 5.82 Å². The normalized spacial score (nSPS) is 16.6. The third-order valence-corrected chi connectivity index (χ3v) is 3.85. The monoisotopic (exact) mass is 334 g/mol. The Morgan fingerprint density at radius 1 is 1.30 bits per heavy atom. The lowest BCUT2D eigenvalue weighted by atomic mass is 9.93. The second-order valence-corrected chi connectivity index (χ2v) is 5.74. The lowest BCUT2D eigenvalue weighted by Gasteiger charge is -2.08. The zero-order chi connectivity index (χ0) is 14.1. The van der Waals surface area contributed by atoms with Crippen LogP contribution in [0.1, 0.15) is 17.0 Å². The second-order valence-electron chi connectivity index (χ2n) is 4.82. The molecule has 1 heterocycles. The molecule has 1 aliphatic rings.